The second-order valence-corrected chi connectivity index (χ2v) is 25.8. The number of hydrogen-bond donors (Lipinski definition) is 9. The van der Waals surface area contributed by atoms with E-state index in [0.717, 1.165) is 28.1 Å². The molecule has 0 atom stereocenters. The summed E-state index contributed by atoms with van der Waals surface area (Å²) in [5, 5.41) is 54.3. The number of alkyl halides is 1. The fraction of sp³-hybridized carbons (Fsp3) is 0.359. The van der Waals surface area contributed by atoms with Crippen LogP contribution in [0.3, 0.4) is 0 Å². The van der Waals surface area contributed by atoms with E-state index in [-0.39, 0.29) is 28.5 Å². The molecule has 0 aliphatic heterocycles. The molecule has 528 valence electrons. The maximum absolute atomic E-state index is 11.5. The molecule has 0 aliphatic rings. The van der Waals surface area contributed by atoms with Crippen molar-refractivity contribution >= 4 is 179 Å². The van der Waals surface area contributed by atoms with Crippen LogP contribution in [0.4, 0.5) is 29.1 Å². The zero-order valence-electron chi connectivity index (χ0n) is 56.9. The lowest BCUT2D eigenvalue weighted by Crippen LogP contribution is -2.14. The predicted molar refractivity (Wildman–Crippen MR) is 420 cm³/mol. The largest absolute Gasteiger partial charge is 0.460 e. The van der Waals surface area contributed by atoms with Gasteiger partial charge in [0.05, 0.1) is 34.4 Å². The minimum Gasteiger partial charge on any atom is -0.460 e. The zero-order chi connectivity index (χ0) is 74.4. The Bertz CT molecular complexity index is 3850. The number of pyridine rings is 6. The van der Waals surface area contributed by atoms with Gasteiger partial charge in [-0.2, -0.15) is 15.6 Å². The number of carbonyl (C=O) groups excluding carboxylic acids is 1. The predicted octanol–water partition coefficient (Wildman–Crippen LogP) is 17.1. The van der Waals surface area contributed by atoms with Crippen LogP contribution in [-0.4, -0.2) is 129 Å². The zero-order valence-corrected chi connectivity index (χ0v) is 66.0. The number of aromatic amines is 1. The summed E-state index contributed by atoms with van der Waals surface area (Å²) in [6.45, 7) is 27.6. The van der Waals surface area contributed by atoms with Gasteiger partial charge in [-0.25, -0.2) is 49.3 Å². The highest BCUT2D eigenvalue weighted by Crippen LogP contribution is 2.25. The van der Waals surface area contributed by atoms with Gasteiger partial charge in [0, 0.05) is 64.7 Å². The SMILES string of the molecule is CC(C)N.CC(C)Nc1cc(-c2ncn(/C=C\C(=O)OC(C)C)n2)cc(Cl)n1.CC(C)Nc1cc(-c2ncn[nH]2)cc(Cl)n1.CC(C)Nc1cc(C#N)cc(Cl)n1.CC(C)Nc1cc(C(N)=S)cc(Cl)n1.CI.CSC(=N)c1cc(Cl)nc(NC(C)C)c1.N#Cc1cc(Cl)nc(Cl)c1. The average molecular weight is 1630 g/mol. The third-order valence-corrected chi connectivity index (χ3v) is 12.3. The Labute approximate surface area is 632 Å². The van der Waals surface area contributed by atoms with Gasteiger partial charge < -0.3 is 42.8 Å². The molecule has 0 amide bonds. The highest BCUT2D eigenvalue weighted by Gasteiger charge is 2.12. The second-order valence-electron chi connectivity index (χ2n) is 21.9. The monoisotopic (exact) mass is 1630 g/mol. The standard InChI is InChI=1S/C16H20ClN5O2.C10H12ClN5.C10H14ClN3S.C9H12ClN3S.C9H10ClN3.C6H2Cl2N2.C3H9N.CH3I/c1-10(2)19-14-8-12(7-13(17)20-14)16-18-9-22(21-16)6-5-15(23)24-11(3)4;1-6(2)14-9-4-7(3-8(11)15-9)10-12-5-13-16-10;1-6(2)13-9-5-7(10(12)15-3)4-8(11)14-9;1-5(2)12-8-4-6(9(11)14)3-7(10)13-8;1-6(2)12-9-4-7(5-11)3-8(10)13-9;7-5-1-4(3-9)2-6(8)10-5;1-3(2)4;1-2/h5-11H,1-4H3,(H,19,20);3-6H,1-2H3,(H,14,15)(H,12,13,16);4-6,12H,1-3H3,(H,13,14);3-5H,1-2H3,(H2,11,14)(H,12,13);3-4,6H,1-2H3,(H,12,13);1-2H;3H,4H2,1-2H3;1H3/b6-5-;;;;;;;. The number of hydrogen-bond acceptors (Lipinski definition) is 23. The van der Waals surface area contributed by atoms with Crippen LogP contribution in [0.5, 0.6) is 0 Å². The van der Waals surface area contributed by atoms with Crippen molar-refractivity contribution in [3.05, 3.63) is 150 Å². The molecule has 11 N–H and O–H groups in total. The molecule has 0 aromatic carbocycles. The molecule has 8 rings (SSSR count). The summed E-state index contributed by atoms with van der Waals surface area (Å²) < 4.78 is 6.44. The fourth-order valence-corrected chi connectivity index (χ4v) is 8.79. The van der Waals surface area contributed by atoms with Gasteiger partial charge in [-0.3, -0.25) is 10.5 Å². The Balaban J connectivity index is 0.000000589. The van der Waals surface area contributed by atoms with Crippen LogP contribution in [0, 0.1) is 28.1 Å². The minimum absolute atomic E-state index is 0.167. The van der Waals surface area contributed by atoms with Gasteiger partial charge in [0.15, 0.2) is 11.6 Å². The van der Waals surface area contributed by atoms with Crippen LogP contribution < -0.4 is 38.1 Å². The van der Waals surface area contributed by atoms with Gasteiger partial charge in [0.1, 0.15) is 82.8 Å². The summed E-state index contributed by atoms with van der Waals surface area (Å²) in [7, 11) is 0. The Morgan fingerprint density at radius 1 is 0.592 bits per heavy atom. The van der Waals surface area contributed by atoms with Crippen molar-refractivity contribution < 1.29 is 9.53 Å². The van der Waals surface area contributed by atoms with E-state index in [1.807, 2.05) is 125 Å². The molecule has 0 aliphatic carbocycles. The third-order valence-electron chi connectivity index (χ3n) is 10.1. The molecule has 0 saturated carbocycles. The molecular weight excluding hydrogens is 1550 g/mol. The Morgan fingerprint density at radius 2 is 0.959 bits per heavy atom. The van der Waals surface area contributed by atoms with Gasteiger partial charge in [-0.1, -0.05) is 130 Å². The van der Waals surface area contributed by atoms with E-state index in [2.05, 4.69) is 104 Å². The number of nitrogens with one attached hydrogen (secondary N) is 7. The van der Waals surface area contributed by atoms with Crippen molar-refractivity contribution in [2.45, 2.75) is 139 Å². The lowest BCUT2D eigenvalue weighted by atomic mass is 10.2. The summed E-state index contributed by atoms with van der Waals surface area (Å²) in [6, 6.07) is 25.9. The lowest BCUT2D eigenvalue weighted by molar-refractivity contribution is -0.141. The smallest absolute Gasteiger partial charge is 0.332 e. The van der Waals surface area contributed by atoms with Crippen molar-refractivity contribution in [2.75, 3.05) is 37.8 Å². The summed E-state index contributed by atoms with van der Waals surface area (Å²) in [6.07, 6.45) is 7.43. The molecule has 8 heterocycles. The topological polar surface area (TPSA) is 360 Å². The van der Waals surface area contributed by atoms with Gasteiger partial charge in [-0.05, 0) is 173 Å². The number of H-pyrrole nitrogens is 1. The molecule has 8 aromatic rings. The minimum atomic E-state index is -0.433. The number of thioether (sulfide) groups is 1. The maximum Gasteiger partial charge on any atom is 0.332 e. The number of nitrogens with two attached hydrogens (primary N) is 2. The number of thiocarbonyl (C=S) groups is 1. The van der Waals surface area contributed by atoms with Gasteiger partial charge in [0.25, 0.3) is 0 Å². The van der Waals surface area contributed by atoms with Crippen molar-refractivity contribution in [3.8, 4) is 34.9 Å². The maximum atomic E-state index is 11.5. The number of anilines is 5. The quantitative estimate of drug-likeness (QED) is 0.00597. The van der Waals surface area contributed by atoms with Crippen LogP contribution >= 0.6 is 128 Å². The Hall–Kier alpha value is -7.00. The molecule has 0 bridgehead atoms. The molecule has 0 spiro atoms. The molecular formula is C64H82Cl7IN22O2S2. The summed E-state index contributed by atoms with van der Waals surface area (Å²) in [4.78, 5) is 46.4. The Morgan fingerprint density at radius 3 is 1.36 bits per heavy atom. The van der Waals surface area contributed by atoms with Gasteiger partial charge >= 0.3 is 5.97 Å². The number of nitrogens with zero attached hydrogens (tertiary/aromatic N) is 13. The number of ether oxygens (including phenoxy) is 1. The number of rotatable bonds is 17. The summed E-state index contributed by atoms with van der Waals surface area (Å²) in [5.41, 5.74) is 14.7. The first-order valence-electron chi connectivity index (χ1n) is 29.6. The first-order chi connectivity index (χ1) is 46.1. The number of carbonyl (C=O) groups is 1. The molecule has 34 heteroatoms. The third kappa shape index (κ3) is 39.6. The van der Waals surface area contributed by atoms with Crippen LogP contribution in [0.15, 0.2) is 91.5 Å². The number of nitriles is 2. The van der Waals surface area contributed by atoms with Crippen molar-refractivity contribution in [3.63, 3.8) is 0 Å². The summed E-state index contributed by atoms with van der Waals surface area (Å²) >= 11 is 48.7. The van der Waals surface area contributed by atoms with Gasteiger partial charge in [-0.15, -0.1) is 16.9 Å². The van der Waals surface area contributed by atoms with E-state index in [0.29, 0.717) is 106 Å². The summed E-state index contributed by atoms with van der Waals surface area (Å²) in [5.74, 6) is 4.15. The first kappa shape index (κ1) is 89.0. The van der Waals surface area contributed by atoms with Crippen molar-refractivity contribution in [2.24, 2.45) is 11.5 Å². The normalized spacial score (nSPS) is 10.3. The number of esters is 1. The Kier molecular flexibility index (Phi) is 43.5. The molecule has 98 heavy (non-hydrogen) atoms. The van der Waals surface area contributed by atoms with E-state index >= 15 is 0 Å². The van der Waals surface area contributed by atoms with E-state index in [1.165, 1.54) is 59.6 Å². The van der Waals surface area contributed by atoms with E-state index < -0.39 is 5.97 Å². The molecule has 0 radical (unpaired) electrons. The van der Waals surface area contributed by atoms with E-state index in [9.17, 15) is 4.79 Å². The molecule has 0 fully saturated rings. The highest BCUT2D eigenvalue weighted by atomic mass is 127. The fourth-order valence-electron chi connectivity index (χ4n) is 6.82. The van der Waals surface area contributed by atoms with Crippen LogP contribution in [0.1, 0.15) is 119 Å². The molecule has 24 nitrogen and oxygen atoms in total. The lowest BCUT2D eigenvalue weighted by Gasteiger charge is -2.10. The highest BCUT2D eigenvalue weighted by molar-refractivity contribution is 14.1. The van der Waals surface area contributed by atoms with Crippen LogP contribution in [0.2, 0.25) is 36.1 Å². The average Bonchev–Trinajstić information content (AvgIpc) is 1.65. The van der Waals surface area contributed by atoms with Crippen molar-refractivity contribution in [1.82, 2.24) is 59.8 Å². The van der Waals surface area contributed by atoms with E-state index in [1.54, 1.807) is 50.2 Å². The second kappa shape index (κ2) is 47.9. The van der Waals surface area contributed by atoms with E-state index in [4.69, 9.17) is 126 Å². The first-order valence-corrected chi connectivity index (χ1v) is 36.1. The van der Waals surface area contributed by atoms with Crippen molar-refractivity contribution in [1.29, 1.82) is 15.9 Å². The number of halogens is 8. The molecule has 0 saturated heterocycles. The number of aromatic nitrogens is 12. The molecule has 8 aromatic heterocycles. The van der Waals surface area contributed by atoms with Crippen LogP contribution in [-0.2, 0) is 9.53 Å². The molecule has 0 unspecified atom stereocenters. The van der Waals surface area contributed by atoms with Gasteiger partial charge in [0.2, 0.25) is 0 Å². The van der Waals surface area contributed by atoms with Crippen LogP contribution in [0.25, 0.3) is 29.0 Å².